The standard InChI is InChI=1S/C28H33N3O3S/c1-3-14-31-15-13-27-23-19-9-10-21(32)24(23)34-25(27)20(11-12-28(27,33)22(31)16-19)29-26(35)30(2)17-18-7-5-4-6-8-18/h3-10,20,22,25,32-33H,1,11-17H2,2H3,(H,29,35)/t20?,22-,25?,27+,28-/m1/s1. The minimum absolute atomic E-state index is 0.00278. The van der Waals surface area contributed by atoms with Gasteiger partial charge in [0.25, 0.3) is 0 Å². The number of piperidine rings is 1. The largest absolute Gasteiger partial charge is 0.504 e. The van der Waals surface area contributed by atoms with Gasteiger partial charge in [-0.3, -0.25) is 4.90 Å². The van der Waals surface area contributed by atoms with Crippen LogP contribution in [0.25, 0.3) is 0 Å². The first-order valence-corrected chi connectivity index (χ1v) is 12.9. The minimum Gasteiger partial charge on any atom is -0.504 e. The summed E-state index contributed by atoms with van der Waals surface area (Å²) in [5.41, 5.74) is 1.89. The van der Waals surface area contributed by atoms with Crippen LogP contribution in [0.3, 0.4) is 0 Å². The molecule has 6 rings (SSSR count). The van der Waals surface area contributed by atoms with Gasteiger partial charge in [-0.25, -0.2) is 0 Å². The number of benzene rings is 2. The Morgan fingerprint density at radius 2 is 2.09 bits per heavy atom. The maximum absolute atomic E-state index is 12.4. The van der Waals surface area contributed by atoms with E-state index in [-0.39, 0.29) is 23.9 Å². The van der Waals surface area contributed by atoms with E-state index in [1.54, 1.807) is 6.07 Å². The third-order valence-corrected chi connectivity index (χ3v) is 9.28. The number of hydrogen-bond donors (Lipinski definition) is 3. The molecule has 184 valence electrons. The van der Waals surface area contributed by atoms with Crippen molar-refractivity contribution in [1.29, 1.82) is 0 Å². The predicted molar refractivity (Wildman–Crippen MR) is 140 cm³/mol. The highest BCUT2D eigenvalue weighted by molar-refractivity contribution is 7.80. The second-order valence-electron chi connectivity index (χ2n) is 10.6. The van der Waals surface area contributed by atoms with Crippen LogP contribution in [0.15, 0.2) is 55.1 Å². The van der Waals surface area contributed by atoms with Crippen molar-refractivity contribution in [3.05, 3.63) is 71.8 Å². The van der Waals surface area contributed by atoms with Crippen LogP contribution in [0.2, 0.25) is 0 Å². The van der Waals surface area contributed by atoms with Gasteiger partial charge in [0.15, 0.2) is 16.6 Å². The summed E-state index contributed by atoms with van der Waals surface area (Å²) in [4.78, 5) is 4.42. The molecular weight excluding hydrogens is 458 g/mol. The van der Waals surface area contributed by atoms with Gasteiger partial charge in [-0.1, -0.05) is 42.5 Å². The maximum Gasteiger partial charge on any atom is 0.169 e. The van der Waals surface area contributed by atoms with Crippen molar-refractivity contribution in [3.8, 4) is 11.5 Å². The Kier molecular flexibility index (Phi) is 5.36. The van der Waals surface area contributed by atoms with Crippen LogP contribution in [0, 0.1) is 0 Å². The lowest BCUT2D eigenvalue weighted by Gasteiger charge is -2.64. The number of hydrogen-bond acceptors (Lipinski definition) is 5. The number of thiocarbonyl (C=S) groups is 1. The molecule has 6 nitrogen and oxygen atoms in total. The minimum atomic E-state index is -0.930. The molecule has 0 amide bonds. The number of nitrogens with one attached hydrogen (secondary N) is 1. The molecule has 1 saturated heterocycles. The molecule has 2 aliphatic heterocycles. The second-order valence-corrected chi connectivity index (χ2v) is 11.0. The zero-order chi connectivity index (χ0) is 24.4. The number of aromatic hydroxyl groups is 1. The van der Waals surface area contributed by atoms with Crippen LogP contribution >= 0.6 is 12.2 Å². The molecule has 5 atom stereocenters. The monoisotopic (exact) mass is 491 g/mol. The van der Waals surface area contributed by atoms with Crippen molar-refractivity contribution in [3.63, 3.8) is 0 Å². The quantitative estimate of drug-likeness (QED) is 0.439. The lowest BCUT2D eigenvalue weighted by atomic mass is 9.48. The summed E-state index contributed by atoms with van der Waals surface area (Å²) in [6, 6.07) is 14.0. The van der Waals surface area contributed by atoms with Gasteiger partial charge in [0.1, 0.15) is 6.10 Å². The van der Waals surface area contributed by atoms with Gasteiger partial charge in [-0.2, -0.15) is 0 Å². The zero-order valence-corrected chi connectivity index (χ0v) is 20.9. The third kappa shape index (κ3) is 3.18. The molecule has 2 heterocycles. The van der Waals surface area contributed by atoms with Crippen molar-refractivity contribution in [2.45, 2.75) is 61.4 Å². The summed E-state index contributed by atoms with van der Waals surface area (Å²) in [5.74, 6) is 0.711. The van der Waals surface area contributed by atoms with Crippen molar-refractivity contribution in [2.24, 2.45) is 0 Å². The topological polar surface area (TPSA) is 68.2 Å². The molecule has 3 N–H and O–H groups in total. The van der Waals surface area contributed by atoms with Crippen molar-refractivity contribution >= 4 is 17.3 Å². The Morgan fingerprint density at radius 1 is 1.29 bits per heavy atom. The van der Waals surface area contributed by atoms with Gasteiger partial charge < -0.3 is 25.2 Å². The van der Waals surface area contributed by atoms with Crippen molar-refractivity contribution < 1.29 is 14.9 Å². The fourth-order valence-electron chi connectivity index (χ4n) is 7.36. The molecule has 2 bridgehead atoms. The summed E-state index contributed by atoms with van der Waals surface area (Å²) in [6.45, 7) is 6.27. The first kappa shape index (κ1) is 22.8. The lowest BCUT2D eigenvalue weighted by molar-refractivity contribution is -0.188. The Labute approximate surface area is 212 Å². The SMILES string of the molecule is C=CCN1CC[C@]23c4c5ccc(O)c4OC2C(NC(=S)N(C)Cc2ccccc2)CC[C@@]3(O)[C@H]1C5. The molecule has 7 heteroatoms. The van der Waals surface area contributed by atoms with Crippen molar-refractivity contribution in [1.82, 2.24) is 15.1 Å². The summed E-state index contributed by atoms with van der Waals surface area (Å²) in [7, 11) is 2.00. The third-order valence-electron chi connectivity index (χ3n) is 8.85. The highest BCUT2D eigenvalue weighted by atomic mass is 32.1. The number of rotatable bonds is 5. The molecule has 1 spiro atoms. The first-order valence-electron chi connectivity index (χ1n) is 12.5. The average Bonchev–Trinajstić information content (AvgIpc) is 3.20. The molecule has 0 aromatic heterocycles. The van der Waals surface area contributed by atoms with Crippen LogP contribution in [0.4, 0.5) is 0 Å². The summed E-state index contributed by atoms with van der Waals surface area (Å²) >= 11 is 5.82. The number of aliphatic hydroxyl groups is 1. The Balaban J connectivity index is 1.34. The number of phenols is 1. The van der Waals surface area contributed by atoms with E-state index in [9.17, 15) is 10.2 Å². The van der Waals surface area contributed by atoms with E-state index < -0.39 is 11.0 Å². The fraction of sp³-hybridized carbons (Fsp3) is 0.464. The molecule has 2 fully saturated rings. The number of phenolic OH excluding ortho intramolecular Hbond substituents is 1. The molecular formula is C28H33N3O3S. The second kappa shape index (κ2) is 8.22. The number of nitrogens with zero attached hydrogens (tertiary/aromatic N) is 2. The Hall–Kier alpha value is -2.61. The number of ether oxygens (including phenoxy) is 1. The highest BCUT2D eigenvalue weighted by Crippen LogP contribution is 2.65. The van der Waals surface area contributed by atoms with E-state index >= 15 is 0 Å². The molecule has 1 saturated carbocycles. The molecule has 2 aromatic carbocycles. The van der Waals surface area contributed by atoms with Crippen LogP contribution in [-0.4, -0.2) is 69.1 Å². The number of likely N-dealkylation sites (tertiary alicyclic amines) is 1. The van der Waals surface area contributed by atoms with E-state index in [2.05, 4.69) is 28.9 Å². The normalized spacial score (nSPS) is 32.3. The molecule has 35 heavy (non-hydrogen) atoms. The smallest absolute Gasteiger partial charge is 0.169 e. The van der Waals surface area contributed by atoms with Gasteiger partial charge in [-0.05, 0) is 61.6 Å². The average molecular weight is 492 g/mol. The van der Waals surface area contributed by atoms with Gasteiger partial charge in [0.2, 0.25) is 0 Å². The first-order chi connectivity index (χ1) is 16.9. The van der Waals surface area contributed by atoms with Crippen LogP contribution in [-0.2, 0) is 18.4 Å². The van der Waals surface area contributed by atoms with Crippen molar-refractivity contribution in [2.75, 3.05) is 20.1 Å². The maximum atomic E-state index is 12.4. The summed E-state index contributed by atoms with van der Waals surface area (Å²) in [5, 5.41) is 27.5. The van der Waals surface area contributed by atoms with E-state index in [1.807, 2.05) is 42.3 Å². The predicted octanol–water partition coefficient (Wildman–Crippen LogP) is 3.11. The molecule has 4 aliphatic rings. The van der Waals surface area contributed by atoms with Crippen LogP contribution in [0.5, 0.6) is 11.5 Å². The van der Waals surface area contributed by atoms with Crippen LogP contribution in [0.1, 0.15) is 36.0 Å². The van der Waals surface area contributed by atoms with Gasteiger partial charge in [-0.15, -0.1) is 6.58 Å². The van der Waals surface area contributed by atoms with Gasteiger partial charge in [0, 0.05) is 31.7 Å². The van der Waals surface area contributed by atoms with Gasteiger partial charge >= 0.3 is 0 Å². The molecule has 2 unspecified atom stereocenters. The lowest BCUT2D eigenvalue weighted by Crippen LogP contribution is -2.78. The molecule has 2 aliphatic carbocycles. The van der Waals surface area contributed by atoms with E-state index in [0.29, 0.717) is 23.8 Å². The van der Waals surface area contributed by atoms with E-state index in [4.69, 9.17) is 17.0 Å². The van der Waals surface area contributed by atoms with Crippen LogP contribution < -0.4 is 10.1 Å². The molecule has 0 radical (unpaired) electrons. The zero-order valence-electron chi connectivity index (χ0n) is 20.1. The summed E-state index contributed by atoms with van der Waals surface area (Å²) in [6.07, 6.45) is 4.54. The fourth-order valence-corrected chi connectivity index (χ4v) is 7.58. The Morgan fingerprint density at radius 3 is 2.86 bits per heavy atom. The highest BCUT2D eigenvalue weighted by Gasteiger charge is 2.72. The summed E-state index contributed by atoms with van der Waals surface area (Å²) < 4.78 is 6.59. The Bertz CT molecular complexity index is 1170. The molecule has 2 aromatic rings. The van der Waals surface area contributed by atoms with Gasteiger partial charge in [0.05, 0.1) is 17.1 Å². The van der Waals surface area contributed by atoms with E-state index in [1.165, 1.54) is 11.1 Å². The van der Waals surface area contributed by atoms with E-state index in [0.717, 1.165) is 37.9 Å².